The molecule has 0 bridgehead atoms. The van der Waals surface area contributed by atoms with Gasteiger partial charge in [-0.2, -0.15) is 0 Å². The zero-order valence-electron chi connectivity index (χ0n) is 17.8. The van der Waals surface area contributed by atoms with Crippen LogP contribution in [0.3, 0.4) is 0 Å². The van der Waals surface area contributed by atoms with E-state index in [2.05, 4.69) is 45.3 Å². The van der Waals surface area contributed by atoms with Crippen LogP contribution in [0, 0.1) is 34.5 Å². The van der Waals surface area contributed by atoms with Crippen molar-refractivity contribution >= 4 is 11.6 Å². The van der Waals surface area contributed by atoms with Gasteiger partial charge in [0.05, 0.1) is 0 Å². The summed E-state index contributed by atoms with van der Waals surface area (Å²) in [6.07, 6.45) is 1.43. The summed E-state index contributed by atoms with van der Waals surface area (Å²) in [6, 6.07) is 0.196. The summed E-state index contributed by atoms with van der Waals surface area (Å²) in [5.74, 6) is 2.61. The topological polar surface area (TPSA) is 58.2 Å². The number of carbonyl (C=O) groups is 2. The van der Waals surface area contributed by atoms with Gasteiger partial charge in [-0.1, -0.05) is 27.7 Å². The molecular weight excluding hydrogens is 336 g/mol. The molecule has 4 saturated carbocycles. The predicted octanol–water partition coefficient (Wildman–Crippen LogP) is 3.59. The van der Waals surface area contributed by atoms with Gasteiger partial charge in [-0.05, 0) is 55.3 Å². The minimum Gasteiger partial charge on any atom is -0.386 e. The van der Waals surface area contributed by atoms with Crippen molar-refractivity contribution < 1.29 is 9.59 Å². The molecule has 4 fully saturated rings. The Morgan fingerprint density at radius 2 is 1.37 bits per heavy atom. The Hall–Kier alpha value is -1.58. The first-order valence-electron chi connectivity index (χ1n) is 10.5. The van der Waals surface area contributed by atoms with Crippen molar-refractivity contribution in [3.05, 3.63) is 22.5 Å². The first-order valence-corrected chi connectivity index (χ1v) is 10.5. The molecule has 4 aliphatic rings. The molecule has 0 aliphatic heterocycles. The number of hydrogen-bond donors (Lipinski definition) is 2. The van der Waals surface area contributed by atoms with Gasteiger partial charge in [0, 0.05) is 48.0 Å². The van der Waals surface area contributed by atoms with Gasteiger partial charge >= 0.3 is 0 Å². The normalized spacial score (nSPS) is 39.5. The lowest BCUT2D eigenvalue weighted by molar-refractivity contribution is -0.116. The quantitative estimate of drug-likeness (QED) is 0.726. The smallest absolute Gasteiger partial charge is 0.161 e. The third-order valence-electron chi connectivity index (χ3n) is 8.08. The summed E-state index contributed by atoms with van der Waals surface area (Å²) in [6.45, 7) is 16.0. The average Bonchev–Trinajstić information content (AvgIpc) is 3.08. The molecule has 0 radical (unpaired) electrons. The van der Waals surface area contributed by atoms with Crippen LogP contribution in [0.15, 0.2) is 22.5 Å². The largest absolute Gasteiger partial charge is 0.386 e. The van der Waals surface area contributed by atoms with Crippen molar-refractivity contribution in [3.8, 4) is 0 Å². The maximum atomic E-state index is 12.3. The average molecular weight is 371 g/mol. The van der Waals surface area contributed by atoms with Gasteiger partial charge in [-0.25, -0.2) is 0 Å². The number of Topliss-reactive ketones (excluding diaryl/α,β-unsaturated/α-hetero) is 2. The van der Waals surface area contributed by atoms with Crippen LogP contribution >= 0.6 is 0 Å². The van der Waals surface area contributed by atoms with Crippen LogP contribution in [-0.4, -0.2) is 24.2 Å². The van der Waals surface area contributed by atoms with Crippen LogP contribution < -0.4 is 10.6 Å². The summed E-state index contributed by atoms with van der Waals surface area (Å²) < 4.78 is 0. The molecule has 0 amide bonds. The Bertz CT molecular complexity index is 786. The Labute approximate surface area is 163 Å². The molecule has 148 valence electrons. The Morgan fingerprint density at radius 1 is 0.926 bits per heavy atom. The lowest BCUT2D eigenvalue weighted by Gasteiger charge is -2.21. The highest BCUT2D eigenvalue weighted by atomic mass is 16.1. The summed E-state index contributed by atoms with van der Waals surface area (Å²) in [5.41, 5.74) is 4.70. The number of nitrogens with one attached hydrogen (secondary N) is 2. The highest BCUT2D eigenvalue weighted by molar-refractivity contribution is 6.01. The minimum atomic E-state index is 0.196. The highest BCUT2D eigenvalue weighted by Gasteiger charge is 2.66. The number of rotatable bonds is 5. The van der Waals surface area contributed by atoms with Crippen molar-refractivity contribution in [1.29, 1.82) is 0 Å². The second-order valence-corrected chi connectivity index (χ2v) is 10.6. The molecule has 2 N–H and O–H groups in total. The number of hydrogen-bond acceptors (Lipinski definition) is 4. The second-order valence-electron chi connectivity index (χ2n) is 10.6. The lowest BCUT2D eigenvalue weighted by atomic mass is 9.95. The zero-order chi connectivity index (χ0) is 19.9. The van der Waals surface area contributed by atoms with E-state index in [0.29, 0.717) is 48.1 Å². The molecule has 0 aromatic rings. The van der Waals surface area contributed by atoms with E-state index in [4.69, 9.17) is 0 Å². The van der Waals surface area contributed by atoms with Crippen LogP contribution in [0.25, 0.3) is 0 Å². The molecule has 0 aromatic carbocycles. The van der Waals surface area contributed by atoms with Gasteiger partial charge in [-0.3, -0.25) is 9.59 Å². The number of carbonyl (C=O) groups excluding carboxylic acids is 2. The van der Waals surface area contributed by atoms with Crippen molar-refractivity contribution in [1.82, 2.24) is 10.6 Å². The van der Waals surface area contributed by atoms with Crippen molar-refractivity contribution in [2.24, 2.45) is 34.5 Å². The van der Waals surface area contributed by atoms with Crippen molar-refractivity contribution in [2.75, 3.05) is 6.54 Å². The zero-order valence-corrected chi connectivity index (χ0v) is 17.8. The van der Waals surface area contributed by atoms with Crippen LogP contribution in [0.4, 0.5) is 0 Å². The lowest BCUT2D eigenvalue weighted by Crippen LogP contribution is -2.36. The van der Waals surface area contributed by atoms with E-state index >= 15 is 0 Å². The van der Waals surface area contributed by atoms with E-state index in [0.717, 1.165) is 29.1 Å². The molecule has 27 heavy (non-hydrogen) atoms. The molecule has 0 heterocycles. The third-order valence-corrected chi connectivity index (χ3v) is 8.08. The first kappa shape index (κ1) is 18.8. The fourth-order valence-corrected chi connectivity index (χ4v) is 6.15. The molecule has 0 spiro atoms. The highest BCUT2D eigenvalue weighted by Crippen LogP contribution is 2.68. The maximum Gasteiger partial charge on any atom is 0.161 e. The Morgan fingerprint density at radius 3 is 1.81 bits per heavy atom. The molecule has 4 rings (SSSR count). The molecule has 0 saturated heterocycles. The van der Waals surface area contributed by atoms with Crippen LogP contribution in [-0.2, 0) is 9.59 Å². The summed E-state index contributed by atoms with van der Waals surface area (Å²) in [5, 5.41) is 7.01. The van der Waals surface area contributed by atoms with Gasteiger partial charge in [0.25, 0.3) is 0 Å². The maximum absolute atomic E-state index is 12.3. The summed E-state index contributed by atoms with van der Waals surface area (Å²) in [7, 11) is 0. The van der Waals surface area contributed by atoms with E-state index in [1.165, 1.54) is 0 Å². The molecule has 1 unspecified atom stereocenters. The Kier molecular flexibility index (Phi) is 3.97. The van der Waals surface area contributed by atoms with Crippen LogP contribution in [0.1, 0.15) is 61.3 Å². The van der Waals surface area contributed by atoms with Crippen molar-refractivity contribution in [3.63, 3.8) is 0 Å². The standard InChI is InChI=1S/C23H34N2O2/c1-11(25-13(3)19-17(27)9-15-21(19)23(15,6)7)10-24-12(2)18-16(26)8-14-20(18)22(14,4)5/h11,14-15,20-21,24-25H,8-10H2,1-7H3/t11?,14-,15-,20-,21-/m1/s1. The van der Waals surface area contributed by atoms with E-state index in [9.17, 15) is 9.59 Å². The van der Waals surface area contributed by atoms with E-state index in [-0.39, 0.29) is 16.9 Å². The van der Waals surface area contributed by atoms with E-state index in [1.807, 2.05) is 13.8 Å². The van der Waals surface area contributed by atoms with Crippen LogP contribution in [0.2, 0.25) is 0 Å². The third kappa shape index (κ3) is 2.70. The van der Waals surface area contributed by atoms with E-state index < -0.39 is 0 Å². The van der Waals surface area contributed by atoms with Crippen molar-refractivity contribution in [2.45, 2.75) is 67.3 Å². The number of fused-ring (bicyclic) bond motifs is 2. The molecule has 5 atom stereocenters. The molecule has 4 aliphatic carbocycles. The van der Waals surface area contributed by atoms with Gasteiger partial charge in [0.2, 0.25) is 0 Å². The Balaban J connectivity index is 1.39. The second kappa shape index (κ2) is 5.71. The monoisotopic (exact) mass is 370 g/mol. The predicted molar refractivity (Wildman–Crippen MR) is 107 cm³/mol. The fraction of sp³-hybridized carbons (Fsp3) is 0.739. The minimum absolute atomic E-state index is 0.196. The SMILES string of the molecule is CC(NCC(C)NC(C)=C1C(=O)C[C@@H]2[C@H]1C2(C)C)=C1C(=O)C[C@@H]2[C@H]1C2(C)C. The van der Waals surface area contributed by atoms with Gasteiger partial charge < -0.3 is 10.6 Å². The van der Waals surface area contributed by atoms with Gasteiger partial charge in [-0.15, -0.1) is 0 Å². The summed E-state index contributed by atoms with van der Waals surface area (Å²) in [4.78, 5) is 24.7. The summed E-state index contributed by atoms with van der Waals surface area (Å²) >= 11 is 0. The van der Waals surface area contributed by atoms with E-state index in [1.54, 1.807) is 0 Å². The molecular formula is C23H34N2O2. The van der Waals surface area contributed by atoms with Gasteiger partial charge in [0.1, 0.15) is 0 Å². The molecule has 0 aromatic heterocycles. The van der Waals surface area contributed by atoms with Gasteiger partial charge in [0.15, 0.2) is 11.6 Å². The molecule has 4 nitrogen and oxygen atoms in total. The fourth-order valence-electron chi connectivity index (χ4n) is 6.15. The molecule has 4 heteroatoms. The number of ketones is 2. The first-order chi connectivity index (χ1) is 12.5. The number of allylic oxidation sites excluding steroid dienone is 4. The van der Waals surface area contributed by atoms with Crippen LogP contribution in [0.5, 0.6) is 0 Å².